The Morgan fingerprint density at radius 1 is 1.20 bits per heavy atom. The van der Waals surface area contributed by atoms with Gasteiger partial charge in [0.2, 0.25) is 0 Å². The third kappa shape index (κ3) is 3.22. The predicted octanol–water partition coefficient (Wildman–Crippen LogP) is 1.64. The van der Waals surface area contributed by atoms with Crippen LogP contribution in [0.4, 0.5) is 4.39 Å². The monoisotopic (exact) mass is 295 g/mol. The predicted molar refractivity (Wildman–Crippen MR) is 75.1 cm³/mol. The summed E-state index contributed by atoms with van der Waals surface area (Å²) in [4.78, 5) is 12.9. The summed E-state index contributed by atoms with van der Waals surface area (Å²) in [5.41, 5.74) is 0.442. The maximum Gasteiger partial charge on any atom is 0.261 e. The van der Waals surface area contributed by atoms with Crippen molar-refractivity contribution in [2.24, 2.45) is 0 Å². The minimum absolute atomic E-state index is 0.339. The molecule has 1 aromatic heterocycles. The van der Waals surface area contributed by atoms with Gasteiger partial charge in [0.05, 0.1) is 24.1 Å². The van der Waals surface area contributed by atoms with E-state index in [9.17, 15) is 9.18 Å². The Morgan fingerprint density at radius 2 is 1.90 bits per heavy atom. The molecule has 0 spiro atoms. The number of hydrogen-bond donors (Lipinski definition) is 3. The Kier molecular flexibility index (Phi) is 4.84. The Labute approximate surface area is 119 Å². The minimum Gasteiger partial charge on any atom is -0.394 e. The first-order chi connectivity index (χ1) is 9.65. The summed E-state index contributed by atoms with van der Waals surface area (Å²) >= 11 is 1.16. The molecule has 2 aromatic rings. The first-order valence-electron chi connectivity index (χ1n) is 6.03. The second-order valence-electron chi connectivity index (χ2n) is 4.18. The van der Waals surface area contributed by atoms with Gasteiger partial charge in [-0.3, -0.25) is 4.79 Å². The molecule has 0 radical (unpaired) electrons. The lowest BCUT2D eigenvalue weighted by Gasteiger charge is -2.11. The molecule has 20 heavy (non-hydrogen) atoms. The SMILES string of the molecule is O=C(NC(CO)CO)c1ccc(-c2ccccc2F)s1. The molecule has 0 aliphatic heterocycles. The average molecular weight is 295 g/mol. The molecule has 0 aliphatic carbocycles. The van der Waals surface area contributed by atoms with Gasteiger partial charge in [-0.2, -0.15) is 0 Å². The number of carbonyl (C=O) groups excluding carboxylic acids is 1. The van der Waals surface area contributed by atoms with Crippen LogP contribution in [0.5, 0.6) is 0 Å². The van der Waals surface area contributed by atoms with Gasteiger partial charge in [-0.15, -0.1) is 11.3 Å². The number of halogens is 1. The largest absolute Gasteiger partial charge is 0.394 e. The van der Waals surface area contributed by atoms with Crippen molar-refractivity contribution in [2.45, 2.75) is 6.04 Å². The standard InChI is InChI=1S/C14H14FNO3S/c15-11-4-2-1-3-10(11)12-5-6-13(20-12)14(19)16-9(7-17)8-18/h1-6,9,17-18H,7-8H2,(H,16,19). The van der Waals surface area contributed by atoms with Gasteiger partial charge in [0, 0.05) is 10.4 Å². The van der Waals surface area contributed by atoms with Crippen molar-refractivity contribution in [1.82, 2.24) is 5.32 Å². The van der Waals surface area contributed by atoms with E-state index < -0.39 is 11.9 Å². The molecule has 1 amide bonds. The number of hydrogen-bond acceptors (Lipinski definition) is 4. The summed E-state index contributed by atoms with van der Waals surface area (Å²) in [5.74, 6) is -0.740. The quantitative estimate of drug-likeness (QED) is 0.785. The number of aliphatic hydroxyl groups is 2. The Hall–Kier alpha value is -1.76. The maximum atomic E-state index is 13.6. The first-order valence-corrected chi connectivity index (χ1v) is 6.84. The number of aliphatic hydroxyl groups excluding tert-OH is 2. The van der Waals surface area contributed by atoms with Gasteiger partial charge in [-0.1, -0.05) is 18.2 Å². The number of nitrogens with one attached hydrogen (secondary N) is 1. The van der Waals surface area contributed by atoms with Crippen LogP contribution in [0.25, 0.3) is 10.4 Å². The third-order valence-corrected chi connectivity index (χ3v) is 3.86. The lowest BCUT2D eigenvalue weighted by atomic mass is 10.2. The van der Waals surface area contributed by atoms with Crippen LogP contribution in [0.3, 0.4) is 0 Å². The van der Waals surface area contributed by atoms with Crippen LogP contribution in [-0.2, 0) is 0 Å². The normalized spacial score (nSPS) is 10.8. The number of amides is 1. The zero-order chi connectivity index (χ0) is 14.5. The van der Waals surface area contributed by atoms with Crippen molar-refractivity contribution in [2.75, 3.05) is 13.2 Å². The van der Waals surface area contributed by atoms with E-state index in [1.165, 1.54) is 6.07 Å². The molecule has 0 unspecified atom stereocenters. The molecule has 0 saturated carbocycles. The van der Waals surface area contributed by atoms with E-state index in [2.05, 4.69) is 5.32 Å². The van der Waals surface area contributed by atoms with Crippen LogP contribution < -0.4 is 5.32 Å². The molecule has 0 aliphatic rings. The van der Waals surface area contributed by atoms with E-state index in [4.69, 9.17) is 10.2 Å². The summed E-state index contributed by atoms with van der Waals surface area (Å²) < 4.78 is 13.6. The fourth-order valence-corrected chi connectivity index (χ4v) is 2.61. The lowest BCUT2D eigenvalue weighted by Crippen LogP contribution is -2.39. The summed E-state index contributed by atoms with van der Waals surface area (Å²) in [5, 5.41) is 20.3. The van der Waals surface area contributed by atoms with Crippen molar-refractivity contribution < 1.29 is 19.4 Å². The van der Waals surface area contributed by atoms with E-state index in [0.29, 0.717) is 15.3 Å². The fraction of sp³-hybridized carbons (Fsp3) is 0.214. The average Bonchev–Trinajstić information content (AvgIpc) is 2.94. The van der Waals surface area contributed by atoms with Crippen LogP contribution in [0.1, 0.15) is 9.67 Å². The summed E-state index contributed by atoms with van der Waals surface area (Å²) in [6.07, 6.45) is 0. The summed E-state index contributed by atoms with van der Waals surface area (Å²) in [6, 6.07) is 8.91. The highest BCUT2D eigenvalue weighted by atomic mass is 32.1. The smallest absolute Gasteiger partial charge is 0.261 e. The second kappa shape index (κ2) is 6.60. The highest BCUT2D eigenvalue weighted by Crippen LogP contribution is 2.29. The highest BCUT2D eigenvalue weighted by molar-refractivity contribution is 7.17. The van der Waals surface area contributed by atoms with Crippen molar-refractivity contribution in [3.05, 3.63) is 47.1 Å². The van der Waals surface area contributed by atoms with Crippen molar-refractivity contribution >= 4 is 17.2 Å². The molecule has 1 heterocycles. The number of benzene rings is 1. The zero-order valence-corrected chi connectivity index (χ0v) is 11.4. The lowest BCUT2D eigenvalue weighted by molar-refractivity contribution is 0.0883. The molecular weight excluding hydrogens is 281 g/mol. The minimum atomic E-state index is -0.693. The van der Waals surface area contributed by atoms with Gasteiger partial charge in [0.25, 0.3) is 5.91 Å². The van der Waals surface area contributed by atoms with E-state index in [1.807, 2.05) is 0 Å². The maximum absolute atomic E-state index is 13.6. The molecule has 3 N–H and O–H groups in total. The number of rotatable bonds is 5. The topological polar surface area (TPSA) is 69.6 Å². The fourth-order valence-electron chi connectivity index (χ4n) is 1.67. The Balaban J connectivity index is 2.17. The molecule has 0 bridgehead atoms. The molecule has 0 saturated heterocycles. The van der Waals surface area contributed by atoms with Gasteiger partial charge in [0.1, 0.15) is 5.82 Å². The summed E-state index contributed by atoms with van der Waals surface area (Å²) in [7, 11) is 0. The molecule has 6 heteroatoms. The molecule has 0 fully saturated rings. The van der Waals surface area contributed by atoms with E-state index in [0.717, 1.165) is 11.3 Å². The van der Waals surface area contributed by atoms with Gasteiger partial charge in [-0.05, 0) is 18.2 Å². The first kappa shape index (κ1) is 14.6. The number of thiophene rings is 1. The van der Waals surface area contributed by atoms with Crippen LogP contribution in [-0.4, -0.2) is 35.4 Å². The van der Waals surface area contributed by atoms with E-state index >= 15 is 0 Å². The van der Waals surface area contributed by atoms with Crippen molar-refractivity contribution in [3.8, 4) is 10.4 Å². The Morgan fingerprint density at radius 3 is 2.55 bits per heavy atom. The highest BCUT2D eigenvalue weighted by Gasteiger charge is 2.15. The van der Waals surface area contributed by atoms with Crippen molar-refractivity contribution in [1.29, 1.82) is 0 Å². The molecule has 4 nitrogen and oxygen atoms in total. The molecule has 2 rings (SSSR count). The molecule has 0 atom stereocenters. The zero-order valence-electron chi connectivity index (χ0n) is 10.5. The van der Waals surface area contributed by atoms with Crippen LogP contribution in [0, 0.1) is 5.82 Å². The van der Waals surface area contributed by atoms with Crippen LogP contribution in [0.2, 0.25) is 0 Å². The molecule has 106 valence electrons. The van der Waals surface area contributed by atoms with Gasteiger partial charge >= 0.3 is 0 Å². The van der Waals surface area contributed by atoms with Gasteiger partial charge in [-0.25, -0.2) is 4.39 Å². The van der Waals surface area contributed by atoms with E-state index in [-0.39, 0.29) is 19.0 Å². The third-order valence-electron chi connectivity index (χ3n) is 2.75. The van der Waals surface area contributed by atoms with Crippen molar-refractivity contribution in [3.63, 3.8) is 0 Å². The van der Waals surface area contributed by atoms with Crippen LogP contribution >= 0.6 is 11.3 Å². The molecular formula is C14H14FNO3S. The van der Waals surface area contributed by atoms with Gasteiger partial charge in [0.15, 0.2) is 0 Å². The van der Waals surface area contributed by atoms with Gasteiger partial charge < -0.3 is 15.5 Å². The van der Waals surface area contributed by atoms with E-state index in [1.54, 1.807) is 30.3 Å². The summed E-state index contributed by atoms with van der Waals surface area (Å²) in [6.45, 7) is -0.679. The second-order valence-corrected chi connectivity index (χ2v) is 5.26. The Bertz CT molecular complexity index is 596. The molecule has 1 aromatic carbocycles. The van der Waals surface area contributed by atoms with Crippen LogP contribution in [0.15, 0.2) is 36.4 Å². The number of carbonyl (C=O) groups is 1.